The van der Waals surface area contributed by atoms with E-state index in [-0.39, 0.29) is 24.0 Å². The van der Waals surface area contributed by atoms with Crippen LogP contribution in [0.3, 0.4) is 0 Å². The quantitative estimate of drug-likeness (QED) is 0.391. The van der Waals surface area contributed by atoms with Crippen molar-refractivity contribution in [3.05, 3.63) is 18.5 Å². The van der Waals surface area contributed by atoms with Gasteiger partial charge in [0.1, 0.15) is 0 Å². The van der Waals surface area contributed by atoms with Gasteiger partial charge >= 0.3 is 0 Å². The molecule has 2 aliphatic rings. The van der Waals surface area contributed by atoms with Gasteiger partial charge in [0.05, 0.1) is 19.8 Å². The van der Waals surface area contributed by atoms with Gasteiger partial charge in [-0.25, -0.2) is 9.97 Å². The Balaban J connectivity index is 0.00000225. The lowest BCUT2D eigenvalue weighted by atomic mass is 10.2. The van der Waals surface area contributed by atoms with Gasteiger partial charge in [0, 0.05) is 57.7 Å². The Morgan fingerprint density at radius 3 is 2.64 bits per heavy atom. The van der Waals surface area contributed by atoms with Crippen LogP contribution >= 0.6 is 24.0 Å². The summed E-state index contributed by atoms with van der Waals surface area (Å²) >= 11 is 0. The minimum Gasteiger partial charge on any atom is -0.379 e. The molecule has 2 saturated heterocycles. The molecule has 1 unspecified atom stereocenters. The highest BCUT2D eigenvalue weighted by atomic mass is 127. The lowest BCUT2D eigenvalue weighted by Gasteiger charge is -2.35. The zero-order valence-corrected chi connectivity index (χ0v) is 17.1. The Labute approximate surface area is 166 Å². The van der Waals surface area contributed by atoms with E-state index in [2.05, 4.69) is 36.6 Å². The Hall–Kier alpha value is -1.20. The predicted octanol–water partition coefficient (Wildman–Crippen LogP) is 0.252. The number of guanidine groups is 1. The summed E-state index contributed by atoms with van der Waals surface area (Å²) in [6.45, 7) is 9.88. The van der Waals surface area contributed by atoms with Gasteiger partial charge in [0.25, 0.3) is 0 Å². The van der Waals surface area contributed by atoms with Crippen LogP contribution in [0.4, 0.5) is 5.95 Å². The van der Waals surface area contributed by atoms with Gasteiger partial charge in [-0.15, -0.1) is 24.0 Å². The van der Waals surface area contributed by atoms with E-state index in [4.69, 9.17) is 10.5 Å². The van der Waals surface area contributed by atoms with Crippen LogP contribution < -0.4 is 10.6 Å². The molecule has 2 N–H and O–H groups in total. The fraction of sp³-hybridized carbons (Fsp3) is 0.688. The number of hydrogen-bond acceptors (Lipinski definition) is 6. The molecule has 1 atom stereocenters. The standard InChI is InChI=1S/C16H27N7O.HI/c1-14-13-24-12-11-21(14)6-5-18-15(17)22-7-9-23(10-8-22)16-19-3-2-4-20-16;/h2-4,14H,5-13H2,1H3,(H2,17,18);1H. The molecule has 3 heterocycles. The van der Waals surface area contributed by atoms with Gasteiger partial charge in [-0.1, -0.05) is 0 Å². The van der Waals surface area contributed by atoms with Gasteiger partial charge in [0.2, 0.25) is 5.95 Å². The van der Waals surface area contributed by atoms with Crippen molar-refractivity contribution < 1.29 is 4.74 Å². The molecular formula is C16H28IN7O. The van der Waals surface area contributed by atoms with Gasteiger partial charge < -0.3 is 20.3 Å². The maximum absolute atomic E-state index is 6.17. The number of hydrogen-bond donors (Lipinski definition) is 1. The van der Waals surface area contributed by atoms with Crippen molar-refractivity contribution in [3.8, 4) is 0 Å². The first kappa shape index (κ1) is 20.1. The van der Waals surface area contributed by atoms with Crippen LogP contribution in [-0.2, 0) is 4.74 Å². The number of halogens is 1. The maximum Gasteiger partial charge on any atom is 0.225 e. The molecule has 140 valence electrons. The number of nitrogens with two attached hydrogens (primary N) is 1. The van der Waals surface area contributed by atoms with Gasteiger partial charge in [-0.2, -0.15) is 0 Å². The van der Waals surface area contributed by atoms with Crippen LogP contribution in [0, 0.1) is 0 Å². The van der Waals surface area contributed by atoms with Crippen LogP contribution in [0.2, 0.25) is 0 Å². The molecule has 0 bridgehead atoms. The monoisotopic (exact) mass is 461 g/mol. The molecule has 8 nitrogen and oxygen atoms in total. The second kappa shape index (κ2) is 10.1. The van der Waals surface area contributed by atoms with Crippen molar-refractivity contribution in [2.75, 3.05) is 63.9 Å². The van der Waals surface area contributed by atoms with Crippen LogP contribution in [-0.4, -0.2) is 90.8 Å². The third-order valence-electron chi connectivity index (χ3n) is 4.60. The fourth-order valence-electron chi connectivity index (χ4n) is 3.08. The minimum atomic E-state index is 0. The van der Waals surface area contributed by atoms with E-state index < -0.39 is 0 Å². The Morgan fingerprint density at radius 1 is 1.24 bits per heavy atom. The molecule has 0 aliphatic carbocycles. The summed E-state index contributed by atoms with van der Waals surface area (Å²) in [7, 11) is 0. The van der Waals surface area contributed by atoms with Crippen molar-refractivity contribution in [1.29, 1.82) is 0 Å². The summed E-state index contributed by atoms with van der Waals surface area (Å²) in [6.07, 6.45) is 3.55. The van der Waals surface area contributed by atoms with Crippen molar-refractivity contribution in [3.63, 3.8) is 0 Å². The SMILES string of the molecule is CC1COCCN1CCN=C(N)N1CCN(c2ncccn2)CC1.I. The van der Waals surface area contributed by atoms with E-state index in [0.717, 1.165) is 65.0 Å². The number of nitrogens with zero attached hydrogens (tertiary/aromatic N) is 6. The Kier molecular flexibility index (Phi) is 8.10. The van der Waals surface area contributed by atoms with E-state index in [1.807, 2.05) is 6.07 Å². The van der Waals surface area contributed by atoms with E-state index in [9.17, 15) is 0 Å². The second-order valence-corrected chi connectivity index (χ2v) is 6.22. The molecule has 9 heteroatoms. The number of rotatable bonds is 4. The van der Waals surface area contributed by atoms with E-state index >= 15 is 0 Å². The minimum absolute atomic E-state index is 0. The van der Waals surface area contributed by atoms with Crippen LogP contribution in [0.15, 0.2) is 23.5 Å². The highest BCUT2D eigenvalue weighted by Gasteiger charge is 2.20. The predicted molar refractivity (Wildman–Crippen MR) is 110 cm³/mol. The fourth-order valence-corrected chi connectivity index (χ4v) is 3.08. The van der Waals surface area contributed by atoms with E-state index in [1.165, 1.54) is 0 Å². The Morgan fingerprint density at radius 2 is 1.96 bits per heavy atom. The third kappa shape index (κ3) is 5.65. The summed E-state index contributed by atoms with van der Waals surface area (Å²) in [4.78, 5) is 19.9. The number of aliphatic imine (C=N–C) groups is 1. The van der Waals surface area contributed by atoms with Crippen molar-refractivity contribution in [1.82, 2.24) is 19.8 Å². The molecule has 2 fully saturated rings. The van der Waals surface area contributed by atoms with Crippen LogP contribution in [0.1, 0.15) is 6.92 Å². The molecular weight excluding hydrogens is 433 g/mol. The second-order valence-electron chi connectivity index (χ2n) is 6.22. The summed E-state index contributed by atoms with van der Waals surface area (Å²) in [5.41, 5.74) is 6.17. The molecule has 2 aliphatic heterocycles. The summed E-state index contributed by atoms with van der Waals surface area (Å²) < 4.78 is 5.46. The van der Waals surface area contributed by atoms with Crippen LogP contribution in [0.25, 0.3) is 0 Å². The van der Waals surface area contributed by atoms with Crippen molar-refractivity contribution in [2.45, 2.75) is 13.0 Å². The molecule has 3 rings (SSSR count). The number of piperazine rings is 1. The number of anilines is 1. The van der Waals surface area contributed by atoms with Gasteiger partial charge in [-0.3, -0.25) is 9.89 Å². The summed E-state index contributed by atoms with van der Waals surface area (Å²) in [6, 6.07) is 2.30. The molecule has 1 aromatic rings. The average molecular weight is 461 g/mol. The molecule has 0 radical (unpaired) electrons. The van der Waals surface area contributed by atoms with Crippen molar-refractivity contribution in [2.24, 2.45) is 10.7 Å². The first-order chi connectivity index (χ1) is 11.7. The zero-order chi connectivity index (χ0) is 16.8. The first-order valence-corrected chi connectivity index (χ1v) is 8.62. The number of morpholine rings is 1. The summed E-state index contributed by atoms with van der Waals surface area (Å²) in [5.74, 6) is 1.43. The zero-order valence-electron chi connectivity index (χ0n) is 14.8. The number of ether oxygens (including phenoxy) is 1. The highest BCUT2D eigenvalue weighted by molar-refractivity contribution is 14.0. The smallest absolute Gasteiger partial charge is 0.225 e. The molecule has 0 saturated carbocycles. The van der Waals surface area contributed by atoms with Gasteiger partial charge in [0.15, 0.2) is 5.96 Å². The first-order valence-electron chi connectivity index (χ1n) is 8.62. The molecule has 25 heavy (non-hydrogen) atoms. The molecule has 0 spiro atoms. The van der Waals surface area contributed by atoms with Crippen molar-refractivity contribution >= 4 is 35.9 Å². The van der Waals surface area contributed by atoms with Crippen LogP contribution in [0.5, 0.6) is 0 Å². The summed E-state index contributed by atoms with van der Waals surface area (Å²) in [5, 5.41) is 0. The Bertz CT molecular complexity index is 537. The molecule has 0 aromatic carbocycles. The lowest BCUT2D eigenvalue weighted by molar-refractivity contribution is 0.00139. The number of aromatic nitrogens is 2. The van der Waals surface area contributed by atoms with E-state index in [1.54, 1.807) is 12.4 Å². The molecule has 1 aromatic heterocycles. The lowest BCUT2D eigenvalue weighted by Crippen LogP contribution is -2.51. The van der Waals surface area contributed by atoms with E-state index in [0.29, 0.717) is 12.0 Å². The topological polar surface area (TPSA) is 83.1 Å². The highest BCUT2D eigenvalue weighted by Crippen LogP contribution is 2.09. The van der Waals surface area contributed by atoms with Gasteiger partial charge in [-0.05, 0) is 13.0 Å². The third-order valence-corrected chi connectivity index (χ3v) is 4.60. The largest absolute Gasteiger partial charge is 0.379 e. The molecule has 0 amide bonds. The maximum atomic E-state index is 6.17. The normalized spacial score (nSPS) is 22.6. The average Bonchev–Trinajstić information content (AvgIpc) is 2.64.